The van der Waals surface area contributed by atoms with Crippen LogP contribution in [0.25, 0.3) is 0 Å². The smallest absolute Gasteiger partial charge is 0.305 e. The summed E-state index contributed by atoms with van der Waals surface area (Å²) in [6, 6.07) is 6.01. The lowest BCUT2D eigenvalue weighted by atomic mass is 10.1. The van der Waals surface area contributed by atoms with E-state index in [0.29, 0.717) is 6.54 Å². The van der Waals surface area contributed by atoms with E-state index in [-0.39, 0.29) is 6.42 Å². The summed E-state index contributed by atoms with van der Waals surface area (Å²) in [6.45, 7) is 2.50. The van der Waals surface area contributed by atoms with Crippen molar-refractivity contribution in [3.05, 3.63) is 23.8 Å². The number of anilines is 2. The molecular weight excluding hydrogens is 204 g/mol. The Balaban J connectivity index is 2.67. The number of hydrogen-bond donors (Lipinski definition) is 2. The molecule has 0 aromatic heterocycles. The third-order valence-corrected chi connectivity index (χ3v) is 2.36. The second kappa shape index (κ2) is 5.39. The van der Waals surface area contributed by atoms with Crippen molar-refractivity contribution >= 4 is 17.3 Å². The first-order chi connectivity index (χ1) is 7.50. The quantitative estimate of drug-likeness (QED) is 0.799. The molecule has 0 amide bonds. The number of nitrogens with zero attached hydrogens (tertiary/aromatic N) is 1. The summed E-state index contributed by atoms with van der Waals surface area (Å²) in [5, 5.41) is 11.6. The van der Waals surface area contributed by atoms with Crippen LogP contribution in [0.5, 0.6) is 0 Å². The molecular formula is C12H18N2O2. The van der Waals surface area contributed by atoms with Crippen molar-refractivity contribution in [2.45, 2.75) is 13.3 Å². The molecule has 1 aromatic carbocycles. The Morgan fingerprint density at radius 3 is 2.69 bits per heavy atom. The molecule has 4 nitrogen and oxygen atoms in total. The zero-order chi connectivity index (χ0) is 12.1. The maximum absolute atomic E-state index is 10.4. The predicted octanol–water partition coefficient (Wildman–Crippen LogP) is 1.95. The number of aliphatic carboxylic acids is 1. The van der Waals surface area contributed by atoms with E-state index >= 15 is 0 Å². The Morgan fingerprint density at radius 2 is 2.12 bits per heavy atom. The molecule has 0 radical (unpaired) electrons. The number of nitrogens with one attached hydrogen (secondary N) is 1. The third-order valence-electron chi connectivity index (χ3n) is 2.36. The number of carboxylic acids is 1. The largest absolute Gasteiger partial charge is 0.481 e. The minimum absolute atomic E-state index is 0.130. The van der Waals surface area contributed by atoms with Gasteiger partial charge in [-0.2, -0.15) is 0 Å². The number of carboxylic acid groups (broad SMARTS) is 1. The first-order valence-corrected chi connectivity index (χ1v) is 5.24. The van der Waals surface area contributed by atoms with Gasteiger partial charge in [-0.15, -0.1) is 0 Å². The highest BCUT2D eigenvalue weighted by Gasteiger charge is 2.02. The lowest BCUT2D eigenvalue weighted by Crippen LogP contribution is -2.12. The fraction of sp³-hybridized carbons (Fsp3) is 0.417. The molecule has 0 saturated heterocycles. The number of aryl methyl sites for hydroxylation is 1. The monoisotopic (exact) mass is 222 g/mol. The van der Waals surface area contributed by atoms with Gasteiger partial charge in [-0.1, -0.05) is 6.07 Å². The van der Waals surface area contributed by atoms with Crippen LogP contribution in [0, 0.1) is 6.92 Å². The minimum Gasteiger partial charge on any atom is -0.481 e. The highest BCUT2D eigenvalue weighted by molar-refractivity contribution is 5.68. The molecule has 88 valence electrons. The fourth-order valence-electron chi connectivity index (χ4n) is 1.51. The number of benzene rings is 1. The predicted molar refractivity (Wildman–Crippen MR) is 66.2 cm³/mol. The van der Waals surface area contributed by atoms with Crippen molar-refractivity contribution in [2.75, 3.05) is 30.9 Å². The van der Waals surface area contributed by atoms with E-state index in [1.54, 1.807) is 0 Å². The van der Waals surface area contributed by atoms with E-state index in [9.17, 15) is 4.79 Å². The van der Waals surface area contributed by atoms with Crippen molar-refractivity contribution < 1.29 is 9.90 Å². The molecule has 0 atom stereocenters. The molecule has 0 aliphatic heterocycles. The van der Waals surface area contributed by atoms with E-state index in [2.05, 4.69) is 12.2 Å². The molecule has 0 fully saturated rings. The average Bonchev–Trinajstić information content (AvgIpc) is 2.19. The Labute approximate surface area is 95.9 Å². The van der Waals surface area contributed by atoms with E-state index in [1.165, 1.54) is 5.56 Å². The van der Waals surface area contributed by atoms with Crippen LogP contribution in [0.4, 0.5) is 11.4 Å². The lowest BCUT2D eigenvalue weighted by molar-refractivity contribution is -0.136. The second-order valence-electron chi connectivity index (χ2n) is 3.97. The van der Waals surface area contributed by atoms with Crippen molar-refractivity contribution in [2.24, 2.45) is 0 Å². The van der Waals surface area contributed by atoms with E-state index in [4.69, 9.17) is 5.11 Å². The zero-order valence-electron chi connectivity index (χ0n) is 9.95. The third kappa shape index (κ3) is 3.46. The van der Waals surface area contributed by atoms with Crippen LogP contribution in [-0.4, -0.2) is 31.7 Å². The van der Waals surface area contributed by atoms with Crippen molar-refractivity contribution in [3.63, 3.8) is 0 Å². The van der Waals surface area contributed by atoms with Crippen LogP contribution in [0.3, 0.4) is 0 Å². The summed E-state index contributed by atoms with van der Waals surface area (Å²) >= 11 is 0. The maximum atomic E-state index is 10.4. The molecule has 0 aliphatic carbocycles. The van der Waals surface area contributed by atoms with Crippen LogP contribution in [-0.2, 0) is 4.79 Å². The van der Waals surface area contributed by atoms with E-state index in [1.807, 2.05) is 37.2 Å². The summed E-state index contributed by atoms with van der Waals surface area (Å²) in [7, 11) is 3.98. The Kier molecular flexibility index (Phi) is 4.17. The van der Waals surface area contributed by atoms with Gasteiger partial charge in [0, 0.05) is 32.0 Å². The van der Waals surface area contributed by atoms with Gasteiger partial charge in [0.25, 0.3) is 0 Å². The highest BCUT2D eigenvalue weighted by Crippen LogP contribution is 2.22. The van der Waals surface area contributed by atoms with Crippen LogP contribution in [0.15, 0.2) is 18.2 Å². The van der Waals surface area contributed by atoms with Crippen molar-refractivity contribution in [3.8, 4) is 0 Å². The molecule has 0 bridgehead atoms. The molecule has 0 heterocycles. The Morgan fingerprint density at radius 1 is 1.44 bits per heavy atom. The van der Waals surface area contributed by atoms with Crippen LogP contribution < -0.4 is 10.2 Å². The van der Waals surface area contributed by atoms with Crippen LogP contribution in [0.1, 0.15) is 12.0 Å². The molecule has 4 heteroatoms. The van der Waals surface area contributed by atoms with Gasteiger partial charge < -0.3 is 15.3 Å². The molecule has 0 spiro atoms. The standard InChI is InChI=1S/C12H18N2O2/c1-9-4-5-10(8-11(9)14(2)3)13-7-6-12(15)16/h4-5,8,13H,6-7H2,1-3H3,(H,15,16). The summed E-state index contributed by atoms with van der Waals surface area (Å²) in [6.07, 6.45) is 0.130. The highest BCUT2D eigenvalue weighted by atomic mass is 16.4. The molecule has 1 aromatic rings. The SMILES string of the molecule is Cc1ccc(NCCC(=O)O)cc1N(C)C. The molecule has 2 N–H and O–H groups in total. The van der Waals surface area contributed by atoms with E-state index < -0.39 is 5.97 Å². The summed E-state index contributed by atoms with van der Waals surface area (Å²) in [4.78, 5) is 12.4. The summed E-state index contributed by atoms with van der Waals surface area (Å²) in [5.41, 5.74) is 3.30. The summed E-state index contributed by atoms with van der Waals surface area (Å²) < 4.78 is 0. The van der Waals surface area contributed by atoms with Gasteiger partial charge in [0.15, 0.2) is 0 Å². The van der Waals surface area contributed by atoms with Gasteiger partial charge in [-0.05, 0) is 24.6 Å². The van der Waals surface area contributed by atoms with Crippen LogP contribution >= 0.6 is 0 Å². The van der Waals surface area contributed by atoms with Crippen molar-refractivity contribution in [1.29, 1.82) is 0 Å². The van der Waals surface area contributed by atoms with Gasteiger partial charge in [-0.25, -0.2) is 0 Å². The molecule has 1 rings (SSSR count). The molecule has 0 unspecified atom stereocenters. The number of hydrogen-bond acceptors (Lipinski definition) is 3. The van der Waals surface area contributed by atoms with Gasteiger partial charge in [0.05, 0.1) is 6.42 Å². The zero-order valence-corrected chi connectivity index (χ0v) is 9.95. The topological polar surface area (TPSA) is 52.6 Å². The second-order valence-corrected chi connectivity index (χ2v) is 3.97. The lowest BCUT2D eigenvalue weighted by Gasteiger charge is -2.17. The Hall–Kier alpha value is -1.71. The van der Waals surface area contributed by atoms with Gasteiger partial charge in [0.1, 0.15) is 0 Å². The van der Waals surface area contributed by atoms with Gasteiger partial charge in [0.2, 0.25) is 0 Å². The number of carbonyl (C=O) groups is 1. The number of rotatable bonds is 5. The minimum atomic E-state index is -0.785. The Bertz CT molecular complexity index is 375. The van der Waals surface area contributed by atoms with Gasteiger partial charge >= 0.3 is 5.97 Å². The van der Waals surface area contributed by atoms with Gasteiger partial charge in [-0.3, -0.25) is 4.79 Å². The fourth-order valence-corrected chi connectivity index (χ4v) is 1.51. The molecule has 0 aliphatic rings. The van der Waals surface area contributed by atoms with Crippen molar-refractivity contribution in [1.82, 2.24) is 0 Å². The van der Waals surface area contributed by atoms with E-state index in [0.717, 1.165) is 11.4 Å². The first kappa shape index (κ1) is 12.4. The summed E-state index contributed by atoms with van der Waals surface area (Å²) in [5.74, 6) is -0.785. The molecule has 0 saturated carbocycles. The first-order valence-electron chi connectivity index (χ1n) is 5.24. The molecule has 16 heavy (non-hydrogen) atoms. The van der Waals surface area contributed by atoms with Crippen LogP contribution in [0.2, 0.25) is 0 Å². The normalized spacial score (nSPS) is 9.94. The maximum Gasteiger partial charge on any atom is 0.305 e. The average molecular weight is 222 g/mol.